The van der Waals surface area contributed by atoms with Gasteiger partial charge in [-0.2, -0.15) is 0 Å². The van der Waals surface area contributed by atoms with Gasteiger partial charge in [-0.1, -0.05) is 92.9 Å². The van der Waals surface area contributed by atoms with Gasteiger partial charge in [0.1, 0.15) is 13.2 Å². The van der Waals surface area contributed by atoms with Gasteiger partial charge in [-0.05, 0) is 167 Å². The first-order chi connectivity index (χ1) is 41.3. The molecule has 0 aliphatic carbocycles. The van der Waals surface area contributed by atoms with E-state index in [4.69, 9.17) is 14.2 Å². The number of carbonyl (C=O) groups excluding carboxylic acids is 4. The van der Waals surface area contributed by atoms with Crippen molar-refractivity contribution in [2.45, 2.75) is 79.1 Å². The normalized spacial score (nSPS) is 11.8. The molecule has 0 spiro atoms. The summed E-state index contributed by atoms with van der Waals surface area (Å²) in [5, 5.41) is 0. The van der Waals surface area contributed by atoms with E-state index in [1.54, 1.807) is 13.8 Å². The maximum atomic E-state index is 13.0. The number of carbonyl (C=O) groups is 4. The highest BCUT2D eigenvalue weighted by Gasteiger charge is 2.43. The summed E-state index contributed by atoms with van der Waals surface area (Å²) in [6.45, 7) is 23.9. The summed E-state index contributed by atoms with van der Waals surface area (Å²) in [5.74, 6) is -1.32. The fourth-order valence-corrected chi connectivity index (χ4v) is 10.4. The highest BCUT2D eigenvalue weighted by atomic mass is 16.5. The molecule has 88 heavy (non-hydrogen) atoms. The van der Waals surface area contributed by atoms with Crippen LogP contribution >= 0.6 is 0 Å². The van der Waals surface area contributed by atoms with Crippen LogP contribution in [-0.4, -0.2) is 135 Å². The molecular formula is C74H100N6O8. The van der Waals surface area contributed by atoms with Crippen molar-refractivity contribution in [2.24, 2.45) is 10.8 Å². The number of anilines is 6. The number of benzene rings is 6. The van der Waals surface area contributed by atoms with Gasteiger partial charge >= 0.3 is 23.9 Å². The molecule has 0 heterocycles. The Balaban J connectivity index is 0.000000345. The van der Waals surface area contributed by atoms with Gasteiger partial charge in [-0.25, -0.2) is 9.59 Å². The number of likely N-dealkylation sites (N-methyl/N-ethyl adjacent to an activating group) is 2. The number of rotatable bonds is 25. The Morgan fingerprint density at radius 2 is 0.648 bits per heavy atom. The van der Waals surface area contributed by atoms with Crippen LogP contribution in [0, 0.1) is 10.8 Å². The van der Waals surface area contributed by atoms with E-state index in [2.05, 4.69) is 263 Å². The topological polar surface area (TPSA) is 125 Å². The lowest BCUT2D eigenvalue weighted by Gasteiger charge is -2.33. The Labute approximate surface area is 527 Å². The summed E-state index contributed by atoms with van der Waals surface area (Å²) in [7, 11) is 23.2. The zero-order chi connectivity index (χ0) is 65.9. The maximum absolute atomic E-state index is 13.0. The zero-order valence-electron chi connectivity index (χ0n) is 56.5. The number of ether oxygens (including phenoxy) is 4. The lowest BCUT2D eigenvalue weighted by atomic mass is 9.71. The van der Waals surface area contributed by atoms with Crippen LogP contribution in [-0.2, 0) is 49.0 Å². The van der Waals surface area contributed by atoms with Crippen LogP contribution in [0.5, 0.6) is 0 Å². The molecule has 0 bridgehead atoms. The van der Waals surface area contributed by atoms with Crippen molar-refractivity contribution in [3.8, 4) is 0 Å². The van der Waals surface area contributed by atoms with E-state index in [1.165, 1.54) is 59.0 Å². The number of esters is 4. The predicted octanol–water partition coefficient (Wildman–Crippen LogP) is 13.6. The van der Waals surface area contributed by atoms with E-state index in [1.807, 2.05) is 41.8 Å². The molecule has 0 fully saturated rings. The fourth-order valence-electron chi connectivity index (χ4n) is 10.4. The van der Waals surface area contributed by atoms with Crippen LogP contribution in [0.3, 0.4) is 0 Å². The standard InChI is InChI=1S/C38H53N3O4.C31H39N3O2.C5H8O2/c1-12-37(4,35(43)44-11)27-36(2,3)34(42)45-26-25-41(10)33-23-17-30(18-24-33)38(5,28-13-19-31(20-14-28)39(6)7)29-15-21-32(22-16-29)40(8)9;1-23(2)30(35)36-22-21-34(8)29-19-13-26(14-20-29)31(3,24-9-15-27(16-10-24)32(4)5)25-11-17-28(18-12-25)33(6)7;1-4(2)5(6)7-3/h13-24H,12,25-27H2,1-11H3;9-20H,1,21-22H2,2-8H3;1H2,2-3H3. The van der Waals surface area contributed by atoms with Gasteiger partial charge in [0.05, 0.1) is 38.1 Å². The van der Waals surface area contributed by atoms with Crippen LogP contribution in [0.1, 0.15) is 102 Å². The number of hydrogen-bond donors (Lipinski definition) is 0. The average molecular weight is 1200 g/mol. The molecule has 0 amide bonds. The molecule has 0 saturated heterocycles. The molecule has 1 unspecified atom stereocenters. The predicted molar refractivity (Wildman–Crippen MR) is 366 cm³/mol. The van der Waals surface area contributed by atoms with Crippen molar-refractivity contribution < 1.29 is 38.1 Å². The van der Waals surface area contributed by atoms with Crippen LogP contribution in [0.15, 0.2) is 170 Å². The second kappa shape index (κ2) is 31.9. The minimum atomic E-state index is -0.820. The lowest BCUT2D eigenvalue weighted by molar-refractivity contribution is -0.161. The first kappa shape index (κ1) is 72.0. The third-order valence-electron chi connectivity index (χ3n) is 16.7. The largest absolute Gasteiger partial charge is 0.469 e. The second-order valence-electron chi connectivity index (χ2n) is 24.7. The van der Waals surface area contributed by atoms with Crippen molar-refractivity contribution in [3.63, 3.8) is 0 Å². The molecule has 0 aliphatic heterocycles. The average Bonchev–Trinajstić information content (AvgIpc) is 1.20. The highest BCUT2D eigenvalue weighted by molar-refractivity contribution is 5.87. The number of methoxy groups -OCH3 is 2. The van der Waals surface area contributed by atoms with Crippen LogP contribution < -0.4 is 29.4 Å². The van der Waals surface area contributed by atoms with Gasteiger partial charge in [0.15, 0.2) is 0 Å². The molecule has 0 aliphatic rings. The van der Waals surface area contributed by atoms with Gasteiger partial charge in [-0.15, -0.1) is 0 Å². The SMILES string of the molecule is C=C(C)C(=O)OC.C=C(C)C(=O)OCCN(C)c1ccc(C(C)(c2ccc(N(C)C)cc2)c2ccc(N(C)C)cc2)cc1.CCC(C)(CC(C)(C)C(=O)OCCN(C)c1ccc(C(C)(c2ccc(N(C)C)cc2)c2ccc(N(C)C)cc2)cc1)C(=O)OC. The van der Waals surface area contributed by atoms with Gasteiger partial charge in [-0.3, -0.25) is 9.59 Å². The molecular weight excluding hydrogens is 1100 g/mol. The third kappa shape index (κ3) is 18.5. The van der Waals surface area contributed by atoms with E-state index in [-0.39, 0.29) is 41.3 Å². The molecule has 1 atom stereocenters. The Morgan fingerprint density at radius 3 is 0.864 bits per heavy atom. The van der Waals surface area contributed by atoms with Crippen molar-refractivity contribution >= 4 is 58.0 Å². The molecule has 14 heteroatoms. The summed E-state index contributed by atoms with van der Waals surface area (Å²) in [6.07, 6.45) is 0.935. The van der Waals surface area contributed by atoms with Gasteiger partial charge < -0.3 is 48.3 Å². The zero-order valence-corrected chi connectivity index (χ0v) is 56.5. The van der Waals surface area contributed by atoms with E-state index < -0.39 is 10.8 Å². The van der Waals surface area contributed by atoms with Gasteiger partial charge in [0, 0.05) is 127 Å². The Hall–Kier alpha value is -8.52. The minimum absolute atomic E-state index is 0.246. The molecule has 0 radical (unpaired) electrons. The highest BCUT2D eigenvalue weighted by Crippen LogP contribution is 2.43. The Bertz CT molecular complexity index is 3120. The molecule has 6 rings (SSSR count). The minimum Gasteiger partial charge on any atom is -0.469 e. The molecule has 0 aromatic heterocycles. The first-order valence-electron chi connectivity index (χ1n) is 29.9. The van der Waals surface area contributed by atoms with Crippen molar-refractivity contribution in [2.75, 3.05) is 140 Å². The van der Waals surface area contributed by atoms with Gasteiger partial charge in [0.25, 0.3) is 0 Å². The number of nitrogens with zero attached hydrogens (tertiary/aromatic N) is 6. The smallest absolute Gasteiger partial charge is 0.333 e. The summed E-state index contributed by atoms with van der Waals surface area (Å²) in [6, 6.07) is 52.5. The van der Waals surface area contributed by atoms with Crippen molar-refractivity contribution in [1.82, 2.24) is 0 Å². The Kier molecular flexibility index (Phi) is 26.1. The van der Waals surface area contributed by atoms with Crippen molar-refractivity contribution in [3.05, 3.63) is 203 Å². The molecule has 0 N–H and O–H groups in total. The van der Waals surface area contributed by atoms with Crippen molar-refractivity contribution in [1.29, 1.82) is 0 Å². The number of hydrogen-bond acceptors (Lipinski definition) is 14. The molecule has 6 aromatic rings. The van der Waals surface area contributed by atoms with Crippen LogP contribution in [0.2, 0.25) is 0 Å². The van der Waals surface area contributed by atoms with Gasteiger partial charge in [0.2, 0.25) is 0 Å². The molecule has 6 aromatic carbocycles. The van der Waals surface area contributed by atoms with Crippen LogP contribution in [0.4, 0.5) is 34.1 Å². The monoisotopic (exact) mass is 1200 g/mol. The Morgan fingerprint density at radius 1 is 0.386 bits per heavy atom. The quantitative estimate of drug-likeness (QED) is 0.0234. The first-order valence-corrected chi connectivity index (χ1v) is 29.9. The summed E-state index contributed by atoms with van der Waals surface area (Å²) < 4.78 is 20.2. The second-order valence-corrected chi connectivity index (χ2v) is 24.7. The molecule has 0 saturated carbocycles. The lowest BCUT2D eigenvalue weighted by Crippen LogP contribution is -2.39. The van der Waals surface area contributed by atoms with E-state index >= 15 is 0 Å². The third-order valence-corrected chi connectivity index (χ3v) is 16.7. The summed E-state index contributed by atoms with van der Waals surface area (Å²) in [5.41, 5.74) is 12.7. The maximum Gasteiger partial charge on any atom is 0.333 e. The van der Waals surface area contributed by atoms with E-state index in [9.17, 15) is 19.2 Å². The fraction of sp³-hybridized carbons (Fsp3) is 0.405. The molecule has 474 valence electrons. The van der Waals surface area contributed by atoms with E-state index in [0.29, 0.717) is 43.7 Å². The van der Waals surface area contributed by atoms with Crippen LogP contribution in [0.25, 0.3) is 0 Å². The summed E-state index contributed by atoms with van der Waals surface area (Å²) >= 11 is 0. The summed E-state index contributed by atoms with van der Waals surface area (Å²) in [4.78, 5) is 59.9. The molecule has 14 nitrogen and oxygen atoms in total. The van der Waals surface area contributed by atoms with E-state index in [0.717, 1.165) is 22.7 Å².